The summed E-state index contributed by atoms with van der Waals surface area (Å²) in [5, 5.41) is 3.26. The Kier molecular flexibility index (Phi) is 2.94. The van der Waals surface area contributed by atoms with Crippen molar-refractivity contribution in [1.29, 1.82) is 0 Å². The molecule has 1 N–H and O–H groups in total. The van der Waals surface area contributed by atoms with Gasteiger partial charge in [-0.2, -0.15) is 0 Å². The van der Waals surface area contributed by atoms with Crippen molar-refractivity contribution >= 4 is 5.91 Å². The third kappa shape index (κ3) is 2.22. The van der Waals surface area contributed by atoms with E-state index in [4.69, 9.17) is 0 Å². The number of nitrogens with zero attached hydrogens (tertiary/aromatic N) is 1. The van der Waals surface area contributed by atoms with E-state index in [9.17, 15) is 4.79 Å². The number of hydrogen-bond donors (Lipinski definition) is 1. The zero-order valence-corrected chi connectivity index (χ0v) is 8.48. The fourth-order valence-electron chi connectivity index (χ4n) is 1.53. The molecule has 3 heteroatoms. The molecule has 1 heterocycles. The van der Waals surface area contributed by atoms with Crippen molar-refractivity contribution in [3.05, 3.63) is 0 Å². The van der Waals surface area contributed by atoms with Crippen LogP contribution in [0.4, 0.5) is 0 Å². The minimum absolute atomic E-state index is 0.0611. The molecule has 1 fully saturated rings. The van der Waals surface area contributed by atoms with Gasteiger partial charge in [0, 0.05) is 19.6 Å². The van der Waals surface area contributed by atoms with Gasteiger partial charge >= 0.3 is 0 Å². The summed E-state index contributed by atoms with van der Waals surface area (Å²) in [4.78, 5) is 13.4. The highest BCUT2D eigenvalue weighted by atomic mass is 16.2. The number of piperazine rings is 1. The van der Waals surface area contributed by atoms with Gasteiger partial charge in [-0.05, 0) is 26.7 Å². The van der Waals surface area contributed by atoms with Gasteiger partial charge in [-0.3, -0.25) is 4.79 Å². The topological polar surface area (TPSA) is 32.3 Å². The van der Waals surface area contributed by atoms with Crippen LogP contribution >= 0.6 is 0 Å². The van der Waals surface area contributed by atoms with Gasteiger partial charge in [0.15, 0.2) is 0 Å². The SMILES string of the molecule is CC#CC(=O)N1CCNCC1(C)C. The largest absolute Gasteiger partial charge is 0.324 e. The summed E-state index contributed by atoms with van der Waals surface area (Å²) in [6.45, 7) is 8.24. The molecule has 1 amide bonds. The lowest BCUT2D eigenvalue weighted by Crippen LogP contribution is -2.59. The molecule has 1 rings (SSSR count). The second-order valence-corrected chi connectivity index (χ2v) is 3.82. The van der Waals surface area contributed by atoms with E-state index < -0.39 is 0 Å². The minimum atomic E-state index is -0.112. The van der Waals surface area contributed by atoms with Crippen LogP contribution in [0.25, 0.3) is 0 Å². The minimum Gasteiger partial charge on any atom is -0.324 e. The van der Waals surface area contributed by atoms with Crippen molar-refractivity contribution in [3.63, 3.8) is 0 Å². The van der Waals surface area contributed by atoms with Gasteiger partial charge in [-0.1, -0.05) is 5.92 Å². The zero-order valence-electron chi connectivity index (χ0n) is 8.48. The molecule has 3 nitrogen and oxygen atoms in total. The molecule has 1 aliphatic heterocycles. The van der Waals surface area contributed by atoms with E-state index in [-0.39, 0.29) is 11.4 Å². The van der Waals surface area contributed by atoms with Crippen LogP contribution in [0, 0.1) is 11.8 Å². The summed E-state index contributed by atoms with van der Waals surface area (Å²) in [7, 11) is 0. The molecule has 0 aliphatic carbocycles. The predicted molar refractivity (Wildman–Crippen MR) is 52.1 cm³/mol. The van der Waals surface area contributed by atoms with E-state index in [1.807, 2.05) is 4.90 Å². The van der Waals surface area contributed by atoms with Crippen molar-refractivity contribution in [3.8, 4) is 11.8 Å². The summed E-state index contributed by atoms with van der Waals surface area (Å²) in [5.74, 6) is 5.16. The van der Waals surface area contributed by atoms with Gasteiger partial charge in [0.2, 0.25) is 0 Å². The van der Waals surface area contributed by atoms with Crippen LogP contribution in [-0.2, 0) is 4.79 Å². The Morgan fingerprint density at radius 1 is 1.54 bits per heavy atom. The van der Waals surface area contributed by atoms with Gasteiger partial charge in [-0.25, -0.2) is 0 Å². The zero-order chi connectivity index (χ0) is 9.90. The van der Waals surface area contributed by atoms with Crippen LogP contribution in [0.5, 0.6) is 0 Å². The van der Waals surface area contributed by atoms with E-state index in [0.29, 0.717) is 0 Å². The van der Waals surface area contributed by atoms with E-state index >= 15 is 0 Å². The van der Waals surface area contributed by atoms with E-state index in [2.05, 4.69) is 31.0 Å². The Morgan fingerprint density at radius 3 is 2.77 bits per heavy atom. The molecule has 1 aliphatic rings. The summed E-state index contributed by atoms with van der Waals surface area (Å²) in [6.07, 6.45) is 0. The lowest BCUT2D eigenvalue weighted by atomic mass is 10.0. The molecule has 72 valence electrons. The molecular weight excluding hydrogens is 164 g/mol. The molecule has 1 saturated heterocycles. The van der Waals surface area contributed by atoms with E-state index in [1.54, 1.807) is 6.92 Å². The van der Waals surface area contributed by atoms with Gasteiger partial charge in [0.1, 0.15) is 0 Å². The van der Waals surface area contributed by atoms with Crippen molar-refractivity contribution in [2.45, 2.75) is 26.3 Å². The Bertz CT molecular complexity index is 260. The average Bonchev–Trinajstić information content (AvgIpc) is 2.03. The number of nitrogens with one attached hydrogen (secondary N) is 1. The van der Waals surface area contributed by atoms with Crippen molar-refractivity contribution in [2.75, 3.05) is 19.6 Å². The van der Waals surface area contributed by atoms with E-state index in [1.165, 1.54) is 0 Å². The van der Waals surface area contributed by atoms with Gasteiger partial charge in [0.25, 0.3) is 5.91 Å². The fraction of sp³-hybridized carbons (Fsp3) is 0.700. The van der Waals surface area contributed by atoms with Gasteiger partial charge < -0.3 is 10.2 Å². The highest BCUT2D eigenvalue weighted by Gasteiger charge is 2.32. The second-order valence-electron chi connectivity index (χ2n) is 3.82. The maximum absolute atomic E-state index is 11.5. The van der Waals surface area contributed by atoms with Gasteiger partial charge in [0.05, 0.1) is 5.54 Å². The third-order valence-corrected chi connectivity index (χ3v) is 2.28. The Balaban J connectivity index is 2.74. The summed E-state index contributed by atoms with van der Waals surface area (Å²) < 4.78 is 0. The normalized spacial score (nSPS) is 20.4. The van der Waals surface area contributed by atoms with Crippen molar-refractivity contribution in [2.24, 2.45) is 0 Å². The number of carbonyl (C=O) groups excluding carboxylic acids is 1. The van der Waals surface area contributed by atoms with Crippen LogP contribution in [0.15, 0.2) is 0 Å². The number of amides is 1. The third-order valence-electron chi connectivity index (χ3n) is 2.28. The van der Waals surface area contributed by atoms with Crippen LogP contribution in [0.2, 0.25) is 0 Å². The number of carbonyl (C=O) groups is 1. The van der Waals surface area contributed by atoms with Gasteiger partial charge in [-0.15, -0.1) is 0 Å². The quantitative estimate of drug-likeness (QED) is 0.541. The van der Waals surface area contributed by atoms with Crippen molar-refractivity contribution < 1.29 is 4.79 Å². The standard InChI is InChI=1S/C10H16N2O/c1-4-5-9(13)12-7-6-11-8-10(12,2)3/h11H,6-8H2,1-3H3. The maximum Gasteiger partial charge on any atom is 0.298 e. The molecule has 0 saturated carbocycles. The maximum atomic E-state index is 11.5. The molecule has 0 spiro atoms. The number of hydrogen-bond acceptors (Lipinski definition) is 2. The molecular formula is C10H16N2O. The Hall–Kier alpha value is -1.01. The van der Waals surface area contributed by atoms with Crippen LogP contribution in [0.1, 0.15) is 20.8 Å². The first-order valence-electron chi connectivity index (χ1n) is 4.53. The second kappa shape index (κ2) is 3.80. The smallest absolute Gasteiger partial charge is 0.298 e. The summed E-state index contributed by atoms with van der Waals surface area (Å²) >= 11 is 0. The molecule has 13 heavy (non-hydrogen) atoms. The number of rotatable bonds is 0. The lowest BCUT2D eigenvalue weighted by Gasteiger charge is -2.41. The van der Waals surface area contributed by atoms with Crippen LogP contribution < -0.4 is 5.32 Å². The fourth-order valence-corrected chi connectivity index (χ4v) is 1.53. The molecule has 0 aromatic rings. The Morgan fingerprint density at radius 2 is 2.23 bits per heavy atom. The lowest BCUT2D eigenvalue weighted by molar-refractivity contribution is -0.131. The first-order valence-corrected chi connectivity index (χ1v) is 4.53. The molecule has 0 atom stereocenters. The molecule has 0 aromatic carbocycles. The average molecular weight is 180 g/mol. The molecule has 0 bridgehead atoms. The highest BCUT2D eigenvalue weighted by molar-refractivity contribution is 5.94. The molecule has 0 unspecified atom stereocenters. The highest BCUT2D eigenvalue weighted by Crippen LogP contribution is 2.15. The predicted octanol–water partition coefficient (Wildman–Crippen LogP) is 0.220. The summed E-state index contributed by atoms with van der Waals surface area (Å²) in [5.41, 5.74) is -0.112. The van der Waals surface area contributed by atoms with Crippen molar-refractivity contribution in [1.82, 2.24) is 10.2 Å². The summed E-state index contributed by atoms with van der Waals surface area (Å²) in [6, 6.07) is 0. The molecule has 0 aromatic heterocycles. The first kappa shape index (κ1) is 10.1. The monoisotopic (exact) mass is 180 g/mol. The van der Waals surface area contributed by atoms with Crippen LogP contribution in [-0.4, -0.2) is 36.0 Å². The van der Waals surface area contributed by atoms with Crippen LogP contribution in [0.3, 0.4) is 0 Å². The Labute approximate surface area is 79.5 Å². The molecule has 0 radical (unpaired) electrons. The first-order chi connectivity index (χ1) is 6.08. The van der Waals surface area contributed by atoms with E-state index in [0.717, 1.165) is 19.6 Å².